The first kappa shape index (κ1) is 38.3. The second-order valence-corrected chi connectivity index (χ2v) is 12.0. The molecular weight excluding hydrogens is 638 g/mol. The first-order valence-corrected chi connectivity index (χ1v) is 17.1. The first-order chi connectivity index (χ1) is 23.9. The molecule has 2 fully saturated rings. The predicted molar refractivity (Wildman–Crippen MR) is 179 cm³/mol. The van der Waals surface area contributed by atoms with Crippen molar-refractivity contribution in [3.05, 3.63) is 29.3 Å². The molecular formula is C33H51N7O9. The number of amides is 5. The molecule has 16 heteroatoms. The van der Waals surface area contributed by atoms with Crippen LogP contribution >= 0.6 is 0 Å². The lowest BCUT2D eigenvalue weighted by atomic mass is 10.0. The van der Waals surface area contributed by atoms with Gasteiger partial charge in [-0.05, 0) is 45.1 Å². The van der Waals surface area contributed by atoms with Crippen molar-refractivity contribution in [2.24, 2.45) is 0 Å². The summed E-state index contributed by atoms with van der Waals surface area (Å²) >= 11 is 0. The summed E-state index contributed by atoms with van der Waals surface area (Å²) in [5, 5.41) is 11.4. The Kier molecular flexibility index (Phi) is 16.3. The number of nitrogens with zero attached hydrogens (tertiary/aromatic N) is 3. The highest BCUT2D eigenvalue weighted by Crippen LogP contribution is 2.32. The molecule has 3 heterocycles. The number of carbonyl (C=O) groups excluding carboxylic acids is 5. The van der Waals surface area contributed by atoms with E-state index < -0.39 is 29.7 Å². The van der Waals surface area contributed by atoms with Crippen LogP contribution in [0.4, 0.5) is 5.69 Å². The van der Waals surface area contributed by atoms with Gasteiger partial charge in [0, 0.05) is 51.4 Å². The Balaban J connectivity index is 0.944. The van der Waals surface area contributed by atoms with Crippen molar-refractivity contribution in [2.75, 3.05) is 124 Å². The maximum Gasteiger partial charge on any atom is 0.264 e. The Morgan fingerprint density at radius 1 is 0.816 bits per heavy atom. The first-order valence-electron chi connectivity index (χ1n) is 17.1. The molecule has 0 aromatic heterocycles. The molecule has 5 amide bonds. The van der Waals surface area contributed by atoms with Crippen molar-refractivity contribution < 1.29 is 42.9 Å². The highest BCUT2D eigenvalue weighted by Gasteiger charge is 2.45. The quantitative estimate of drug-likeness (QED) is 0.0805. The van der Waals surface area contributed by atoms with E-state index in [1.165, 1.54) is 0 Å². The molecule has 1 aromatic rings. The van der Waals surface area contributed by atoms with Crippen LogP contribution in [0.3, 0.4) is 0 Å². The molecule has 1 aromatic carbocycles. The number of imide groups is 2. The van der Waals surface area contributed by atoms with Gasteiger partial charge in [-0.1, -0.05) is 6.07 Å². The summed E-state index contributed by atoms with van der Waals surface area (Å²) in [6.45, 7) is 10.5. The molecule has 4 N–H and O–H groups in total. The summed E-state index contributed by atoms with van der Waals surface area (Å²) in [5.41, 5.74) is 0.912. The van der Waals surface area contributed by atoms with Crippen molar-refractivity contribution in [3.63, 3.8) is 0 Å². The largest absolute Gasteiger partial charge is 0.382 e. The minimum atomic E-state index is -1.01. The highest BCUT2D eigenvalue weighted by atomic mass is 16.6. The zero-order valence-electron chi connectivity index (χ0n) is 28.5. The average Bonchev–Trinajstić information content (AvgIpc) is 3.34. The Morgan fingerprint density at radius 3 is 2.10 bits per heavy atom. The van der Waals surface area contributed by atoms with Gasteiger partial charge in [-0.2, -0.15) is 0 Å². The molecule has 2 saturated heterocycles. The molecule has 3 aliphatic heterocycles. The fourth-order valence-corrected chi connectivity index (χ4v) is 5.85. The molecule has 4 rings (SSSR count). The van der Waals surface area contributed by atoms with Gasteiger partial charge in [0.25, 0.3) is 11.8 Å². The summed E-state index contributed by atoms with van der Waals surface area (Å²) in [4.78, 5) is 67.7. The lowest BCUT2D eigenvalue weighted by Crippen LogP contribution is -2.54. The fraction of sp³-hybridized carbons (Fsp3) is 0.667. The number of hydrogen-bond acceptors (Lipinski definition) is 13. The third-order valence-electron chi connectivity index (χ3n) is 8.45. The lowest BCUT2D eigenvalue weighted by molar-refractivity contribution is -0.136. The van der Waals surface area contributed by atoms with Gasteiger partial charge in [0.1, 0.15) is 6.04 Å². The Labute approximate surface area is 287 Å². The third kappa shape index (κ3) is 12.1. The van der Waals surface area contributed by atoms with Gasteiger partial charge >= 0.3 is 0 Å². The molecule has 1 unspecified atom stereocenters. The van der Waals surface area contributed by atoms with Crippen LogP contribution in [-0.4, -0.2) is 169 Å². The minimum absolute atomic E-state index is 0.0227. The number of hydrogen-bond donors (Lipinski definition) is 4. The van der Waals surface area contributed by atoms with Crippen LogP contribution in [0.5, 0.6) is 0 Å². The predicted octanol–water partition coefficient (Wildman–Crippen LogP) is -1.09. The van der Waals surface area contributed by atoms with Crippen molar-refractivity contribution in [1.29, 1.82) is 0 Å². The number of benzene rings is 1. The summed E-state index contributed by atoms with van der Waals surface area (Å²) in [5.74, 6) is -2.14. The number of nitrogens with one attached hydrogen (secondary N) is 4. The molecule has 0 spiro atoms. The number of ether oxygens (including phenoxy) is 4. The van der Waals surface area contributed by atoms with Crippen LogP contribution < -0.4 is 21.3 Å². The van der Waals surface area contributed by atoms with Crippen LogP contribution in [0, 0.1) is 0 Å². The number of piperazine rings is 1. The maximum absolute atomic E-state index is 13.1. The van der Waals surface area contributed by atoms with E-state index in [2.05, 4.69) is 31.1 Å². The summed E-state index contributed by atoms with van der Waals surface area (Å²) in [6.07, 6.45) is 1.31. The van der Waals surface area contributed by atoms with Gasteiger partial charge in [0.2, 0.25) is 17.7 Å². The summed E-state index contributed by atoms with van der Waals surface area (Å²) in [6, 6.07) is 3.91. The molecule has 0 saturated carbocycles. The lowest BCUT2D eigenvalue weighted by Gasteiger charge is -2.34. The van der Waals surface area contributed by atoms with Gasteiger partial charge in [-0.3, -0.25) is 39.1 Å². The molecule has 1 atom stereocenters. The zero-order chi connectivity index (χ0) is 34.8. The molecule has 16 nitrogen and oxygen atoms in total. The van der Waals surface area contributed by atoms with E-state index in [9.17, 15) is 24.0 Å². The van der Waals surface area contributed by atoms with E-state index in [1.807, 2.05) is 7.05 Å². The average molecular weight is 690 g/mol. The van der Waals surface area contributed by atoms with Gasteiger partial charge < -0.3 is 39.8 Å². The minimum Gasteiger partial charge on any atom is -0.382 e. The maximum atomic E-state index is 13.1. The van der Waals surface area contributed by atoms with Crippen LogP contribution in [-0.2, 0) is 33.3 Å². The smallest absolute Gasteiger partial charge is 0.264 e. The van der Waals surface area contributed by atoms with Crippen molar-refractivity contribution >= 4 is 35.2 Å². The van der Waals surface area contributed by atoms with Gasteiger partial charge in [-0.15, -0.1) is 0 Å². The normalized spacial score (nSPS) is 18.6. The highest BCUT2D eigenvalue weighted by molar-refractivity contribution is 6.25. The Hall–Kier alpha value is -3.51. The standard InChI is InChI=1S/C33H51N7O9/c1-34-8-3-11-38-12-14-39(15-13-38)24-29(42)36-10-17-47-19-21-49-23-22-48-20-18-46-16-9-35-26-5-2-4-25-30(26)33(45)40(32(25)44)27-6-7-28(41)37-31(27)43/h2,4-5,27,34-35H,3,6-24H2,1H3,(H,36,42)(H,37,41,43). The fourth-order valence-electron chi connectivity index (χ4n) is 5.85. The molecule has 0 aliphatic carbocycles. The number of rotatable bonds is 23. The van der Waals surface area contributed by atoms with E-state index >= 15 is 0 Å². The van der Waals surface area contributed by atoms with Crippen LogP contribution in [0.2, 0.25) is 0 Å². The second kappa shape index (κ2) is 20.9. The molecule has 0 bridgehead atoms. The van der Waals surface area contributed by atoms with E-state index in [4.69, 9.17) is 18.9 Å². The Morgan fingerprint density at radius 2 is 1.45 bits per heavy atom. The van der Waals surface area contributed by atoms with Crippen molar-refractivity contribution in [2.45, 2.75) is 25.3 Å². The van der Waals surface area contributed by atoms with Crippen molar-refractivity contribution in [3.8, 4) is 0 Å². The Bertz CT molecular complexity index is 1260. The molecule has 3 aliphatic rings. The number of piperidine rings is 1. The second-order valence-electron chi connectivity index (χ2n) is 12.0. The van der Waals surface area contributed by atoms with Gasteiger partial charge in [0.15, 0.2) is 0 Å². The van der Waals surface area contributed by atoms with Crippen LogP contribution in [0.15, 0.2) is 18.2 Å². The molecule has 0 radical (unpaired) electrons. The third-order valence-corrected chi connectivity index (χ3v) is 8.45. The number of carbonyl (C=O) groups is 5. The SMILES string of the molecule is CNCCCN1CCN(CC(=O)NCCOCCOCCOCCOCCNc2cccc3c2C(=O)N(C2CCC(=O)NC2=O)C3=O)CC1. The number of anilines is 1. The van der Waals surface area contributed by atoms with Crippen molar-refractivity contribution in [1.82, 2.24) is 30.7 Å². The van der Waals surface area contributed by atoms with Crippen LogP contribution in [0.1, 0.15) is 40.0 Å². The number of fused-ring (bicyclic) bond motifs is 1. The summed E-state index contributed by atoms with van der Waals surface area (Å²) in [7, 11) is 1.97. The van der Waals surface area contributed by atoms with E-state index in [-0.39, 0.29) is 29.9 Å². The topological polar surface area (TPSA) is 180 Å². The van der Waals surface area contributed by atoms with Gasteiger partial charge in [0.05, 0.1) is 70.5 Å². The molecule has 49 heavy (non-hydrogen) atoms. The van der Waals surface area contributed by atoms with Gasteiger partial charge in [-0.25, -0.2) is 0 Å². The zero-order valence-corrected chi connectivity index (χ0v) is 28.5. The van der Waals surface area contributed by atoms with E-state index in [0.29, 0.717) is 78.2 Å². The van der Waals surface area contributed by atoms with E-state index in [1.54, 1.807) is 18.2 Å². The van der Waals surface area contributed by atoms with Crippen LogP contribution in [0.25, 0.3) is 0 Å². The monoisotopic (exact) mass is 689 g/mol. The van der Waals surface area contributed by atoms with E-state index in [0.717, 1.165) is 50.6 Å². The molecule has 272 valence electrons. The summed E-state index contributed by atoms with van der Waals surface area (Å²) < 4.78 is 22.2.